The number of carbonyl (C=O) groups excluding carboxylic acids is 1. The van der Waals surface area contributed by atoms with Crippen molar-refractivity contribution in [2.45, 2.75) is 44.8 Å². The van der Waals surface area contributed by atoms with Crippen LogP contribution >= 0.6 is 0 Å². The van der Waals surface area contributed by atoms with E-state index in [1.807, 2.05) is 35.4 Å². The van der Waals surface area contributed by atoms with Gasteiger partial charge in [0.05, 0.1) is 5.52 Å². The molecule has 0 N–H and O–H groups in total. The number of piperidine rings is 1. The Bertz CT molecular complexity index is 1070. The van der Waals surface area contributed by atoms with E-state index in [1.165, 1.54) is 10.9 Å². The van der Waals surface area contributed by atoms with E-state index in [0.717, 1.165) is 61.2 Å². The van der Waals surface area contributed by atoms with Gasteiger partial charge in [0.25, 0.3) is 5.91 Å². The third-order valence-corrected chi connectivity index (χ3v) is 6.39. The lowest BCUT2D eigenvalue weighted by atomic mass is 10.0. The average Bonchev–Trinajstić information content (AvgIpc) is 3.35. The molecule has 0 bridgehead atoms. The number of hydrogen-bond donors (Lipinski definition) is 0. The minimum atomic E-state index is -0.224. The first-order valence-electron chi connectivity index (χ1n) is 11.2. The Labute approximate surface area is 183 Å². The van der Waals surface area contributed by atoms with Crippen molar-refractivity contribution >= 4 is 16.8 Å². The zero-order valence-electron chi connectivity index (χ0n) is 17.9. The fourth-order valence-corrected chi connectivity index (χ4v) is 4.54. The lowest BCUT2D eigenvalue weighted by Crippen LogP contribution is -2.45. The SMILES string of the molecule is Cc1cccc2ncc(-c3ccc(OC4CCN(C(=O)[C@H]5CCCO5)CC4)cc3)cc12. The van der Waals surface area contributed by atoms with Crippen LogP contribution in [0.25, 0.3) is 22.0 Å². The van der Waals surface area contributed by atoms with Crippen LogP contribution < -0.4 is 4.74 Å². The van der Waals surface area contributed by atoms with Gasteiger partial charge >= 0.3 is 0 Å². The summed E-state index contributed by atoms with van der Waals surface area (Å²) in [5, 5.41) is 1.18. The summed E-state index contributed by atoms with van der Waals surface area (Å²) >= 11 is 0. The van der Waals surface area contributed by atoms with Gasteiger partial charge in [-0.05, 0) is 55.2 Å². The second kappa shape index (κ2) is 8.67. The van der Waals surface area contributed by atoms with E-state index in [-0.39, 0.29) is 18.1 Å². The van der Waals surface area contributed by atoms with E-state index in [9.17, 15) is 4.79 Å². The monoisotopic (exact) mass is 416 g/mol. The van der Waals surface area contributed by atoms with Crippen LogP contribution in [0, 0.1) is 6.92 Å². The van der Waals surface area contributed by atoms with Gasteiger partial charge in [0.15, 0.2) is 0 Å². The third-order valence-electron chi connectivity index (χ3n) is 6.39. The Morgan fingerprint density at radius 2 is 1.87 bits per heavy atom. The summed E-state index contributed by atoms with van der Waals surface area (Å²) in [6, 6.07) is 16.6. The van der Waals surface area contributed by atoms with Gasteiger partial charge in [-0.25, -0.2) is 0 Å². The maximum atomic E-state index is 12.5. The van der Waals surface area contributed by atoms with Crippen molar-refractivity contribution in [2.24, 2.45) is 0 Å². The summed E-state index contributed by atoms with van der Waals surface area (Å²) in [5.74, 6) is 1.03. The van der Waals surface area contributed by atoms with Gasteiger partial charge in [-0.2, -0.15) is 0 Å². The lowest BCUT2D eigenvalue weighted by molar-refractivity contribution is -0.142. The number of pyridine rings is 1. The summed E-state index contributed by atoms with van der Waals surface area (Å²) in [7, 11) is 0. The molecule has 3 aromatic rings. The molecule has 5 rings (SSSR count). The highest BCUT2D eigenvalue weighted by molar-refractivity contribution is 5.86. The molecule has 1 amide bonds. The highest BCUT2D eigenvalue weighted by Gasteiger charge is 2.31. The third kappa shape index (κ3) is 4.28. The number of likely N-dealkylation sites (tertiary alicyclic amines) is 1. The molecule has 0 unspecified atom stereocenters. The number of hydrogen-bond acceptors (Lipinski definition) is 4. The van der Waals surface area contributed by atoms with Crippen LogP contribution in [0.15, 0.2) is 54.7 Å². The molecule has 2 aliphatic heterocycles. The smallest absolute Gasteiger partial charge is 0.251 e. The molecular formula is C26H28N2O3. The Morgan fingerprint density at radius 1 is 1.06 bits per heavy atom. The normalized spacial score (nSPS) is 19.6. The number of aryl methyl sites for hydroxylation is 1. The molecule has 2 fully saturated rings. The second-order valence-electron chi connectivity index (χ2n) is 8.53. The van der Waals surface area contributed by atoms with Crippen LogP contribution in [0.1, 0.15) is 31.2 Å². The fourth-order valence-electron chi connectivity index (χ4n) is 4.54. The maximum Gasteiger partial charge on any atom is 0.251 e. The summed E-state index contributed by atoms with van der Waals surface area (Å²) in [4.78, 5) is 19.0. The van der Waals surface area contributed by atoms with Gasteiger partial charge in [0, 0.05) is 49.7 Å². The number of nitrogens with zero attached hydrogens (tertiary/aromatic N) is 2. The van der Waals surface area contributed by atoms with Gasteiger partial charge in [-0.15, -0.1) is 0 Å². The predicted molar refractivity (Wildman–Crippen MR) is 121 cm³/mol. The van der Waals surface area contributed by atoms with Gasteiger partial charge in [0.2, 0.25) is 0 Å². The molecule has 5 nitrogen and oxygen atoms in total. The first kappa shape index (κ1) is 20.0. The molecule has 2 aliphatic rings. The summed E-state index contributed by atoms with van der Waals surface area (Å²) in [6.45, 7) is 4.30. The van der Waals surface area contributed by atoms with Gasteiger partial charge < -0.3 is 14.4 Å². The summed E-state index contributed by atoms with van der Waals surface area (Å²) in [5.41, 5.74) is 4.49. The van der Waals surface area contributed by atoms with Crippen LogP contribution in [0.2, 0.25) is 0 Å². The molecule has 5 heteroatoms. The van der Waals surface area contributed by atoms with Crippen molar-refractivity contribution < 1.29 is 14.3 Å². The number of aromatic nitrogens is 1. The van der Waals surface area contributed by atoms with Crippen LogP contribution in [0.3, 0.4) is 0 Å². The Kier molecular flexibility index (Phi) is 5.60. The van der Waals surface area contributed by atoms with Crippen molar-refractivity contribution in [1.29, 1.82) is 0 Å². The number of ether oxygens (including phenoxy) is 2. The molecule has 31 heavy (non-hydrogen) atoms. The number of fused-ring (bicyclic) bond motifs is 1. The van der Waals surface area contributed by atoms with Gasteiger partial charge in [-0.3, -0.25) is 9.78 Å². The number of carbonyl (C=O) groups is 1. The van der Waals surface area contributed by atoms with Crippen molar-refractivity contribution in [3.63, 3.8) is 0 Å². The van der Waals surface area contributed by atoms with Crippen molar-refractivity contribution in [3.05, 3.63) is 60.3 Å². The number of benzene rings is 2. The molecule has 1 atom stereocenters. The summed E-state index contributed by atoms with van der Waals surface area (Å²) in [6.07, 6.45) is 5.40. The molecule has 160 valence electrons. The highest BCUT2D eigenvalue weighted by atomic mass is 16.5. The molecule has 0 saturated carbocycles. The minimum absolute atomic E-state index is 0.143. The Balaban J connectivity index is 1.20. The van der Waals surface area contributed by atoms with Crippen LogP contribution in [-0.2, 0) is 9.53 Å². The Morgan fingerprint density at radius 3 is 2.61 bits per heavy atom. The zero-order chi connectivity index (χ0) is 21.2. The predicted octanol–water partition coefficient (Wildman–Crippen LogP) is 4.76. The van der Waals surface area contributed by atoms with Crippen molar-refractivity contribution in [3.8, 4) is 16.9 Å². The van der Waals surface area contributed by atoms with Crippen LogP contribution in [-0.4, -0.2) is 47.7 Å². The van der Waals surface area contributed by atoms with E-state index in [2.05, 4.69) is 36.2 Å². The van der Waals surface area contributed by atoms with Crippen LogP contribution in [0.5, 0.6) is 5.75 Å². The van der Waals surface area contributed by atoms with E-state index in [4.69, 9.17) is 9.47 Å². The molecule has 3 heterocycles. The van der Waals surface area contributed by atoms with E-state index < -0.39 is 0 Å². The molecule has 0 aliphatic carbocycles. The van der Waals surface area contributed by atoms with Crippen LogP contribution in [0.4, 0.5) is 0 Å². The second-order valence-corrected chi connectivity index (χ2v) is 8.53. The topological polar surface area (TPSA) is 51.7 Å². The molecule has 2 aromatic carbocycles. The molecule has 0 spiro atoms. The quantitative estimate of drug-likeness (QED) is 0.615. The first-order chi connectivity index (χ1) is 15.2. The fraction of sp³-hybridized carbons (Fsp3) is 0.385. The molecule has 0 radical (unpaired) electrons. The number of amides is 1. The van der Waals surface area contributed by atoms with E-state index in [0.29, 0.717) is 6.61 Å². The van der Waals surface area contributed by atoms with Gasteiger partial charge in [0.1, 0.15) is 18.0 Å². The number of rotatable bonds is 4. The van der Waals surface area contributed by atoms with E-state index in [1.54, 1.807) is 0 Å². The first-order valence-corrected chi connectivity index (χ1v) is 11.2. The minimum Gasteiger partial charge on any atom is -0.490 e. The van der Waals surface area contributed by atoms with Crippen molar-refractivity contribution in [2.75, 3.05) is 19.7 Å². The van der Waals surface area contributed by atoms with Crippen molar-refractivity contribution in [1.82, 2.24) is 9.88 Å². The zero-order valence-corrected chi connectivity index (χ0v) is 17.9. The largest absolute Gasteiger partial charge is 0.490 e. The molecular weight excluding hydrogens is 388 g/mol. The van der Waals surface area contributed by atoms with E-state index >= 15 is 0 Å². The molecule has 1 aromatic heterocycles. The standard InChI is InChI=1S/C26H28N2O3/c1-18-4-2-5-24-23(18)16-20(17-27-24)19-7-9-21(10-8-19)31-22-11-13-28(14-12-22)26(29)25-6-3-15-30-25/h2,4-5,7-10,16-17,22,25H,3,6,11-15H2,1H3/t25-/m1/s1. The maximum absolute atomic E-state index is 12.5. The molecule has 2 saturated heterocycles. The Hall–Kier alpha value is -2.92. The summed E-state index contributed by atoms with van der Waals surface area (Å²) < 4.78 is 11.7. The van der Waals surface area contributed by atoms with Gasteiger partial charge in [-0.1, -0.05) is 24.3 Å². The average molecular weight is 417 g/mol. The highest BCUT2D eigenvalue weighted by Crippen LogP contribution is 2.27. The lowest BCUT2D eigenvalue weighted by Gasteiger charge is -2.33.